The van der Waals surface area contributed by atoms with Crippen LogP contribution in [0.2, 0.25) is 10.0 Å². The average molecular weight is 591 g/mol. The van der Waals surface area contributed by atoms with Crippen molar-refractivity contribution >= 4 is 41.0 Å². The van der Waals surface area contributed by atoms with E-state index in [1.807, 2.05) is 65.6 Å². The molecule has 0 aromatic heterocycles. The van der Waals surface area contributed by atoms with E-state index in [9.17, 15) is 24.6 Å². The van der Waals surface area contributed by atoms with E-state index in [0.717, 1.165) is 27.8 Å². The van der Waals surface area contributed by atoms with Gasteiger partial charge in [0.25, 0.3) is 5.91 Å². The minimum absolute atomic E-state index is 0.0952. The van der Waals surface area contributed by atoms with Crippen molar-refractivity contribution < 1.29 is 24.6 Å². The quantitative estimate of drug-likeness (QED) is 0.182. The van der Waals surface area contributed by atoms with Crippen LogP contribution in [0.1, 0.15) is 27.0 Å². The molecule has 0 unspecified atom stereocenters. The van der Waals surface area contributed by atoms with Gasteiger partial charge in [0.15, 0.2) is 0 Å². The zero-order valence-corrected chi connectivity index (χ0v) is 23.5. The van der Waals surface area contributed by atoms with Crippen molar-refractivity contribution in [2.45, 2.75) is 25.6 Å². The standard InChI is InChI=1S/C32H28Cl2N2O5/c33-26-15-9-23(10-16-26)19-36(20-30(37)38)18-22-7-13-25(14-8-22)24-11-5-21(6-12-24)17-29(32(40)41)35-31(39)27-3-1-2-4-28(27)34/h1-16,29H,17-20H2,(H,35,39)(H,37,38)(H,40,41)/t29-/m0/s1. The molecule has 0 saturated heterocycles. The molecule has 7 nitrogen and oxygen atoms in total. The lowest BCUT2D eigenvalue weighted by Crippen LogP contribution is -2.42. The average Bonchev–Trinajstić information content (AvgIpc) is 2.94. The highest BCUT2D eigenvalue weighted by Crippen LogP contribution is 2.22. The highest BCUT2D eigenvalue weighted by Gasteiger charge is 2.22. The predicted molar refractivity (Wildman–Crippen MR) is 159 cm³/mol. The van der Waals surface area contributed by atoms with Crippen molar-refractivity contribution in [3.05, 3.63) is 129 Å². The van der Waals surface area contributed by atoms with Crippen LogP contribution in [0.5, 0.6) is 0 Å². The third kappa shape index (κ3) is 8.66. The molecule has 0 bridgehead atoms. The lowest BCUT2D eigenvalue weighted by Gasteiger charge is -2.21. The Labute approximate surface area is 248 Å². The second-order valence-electron chi connectivity index (χ2n) is 9.61. The zero-order valence-electron chi connectivity index (χ0n) is 22.0. The Morgan fingerprint density at radius 2 is 1.22 bits per heavy atom. The largest absolute Gasteiger partial charge is 0.480 e. The summed E-state index contributed by atoms with van der Waals surface area (Å²) in [4.78, 5) is 37.7. The summed E-state index contributed by atoms with van der Waals surface area (Å²) in [6, 6.07) is 28.0. The summed E-state index contributed by atoms with van der Waals surface area (Å²) in [5.41, 5.74) is 4.82. The number of hydrogen-bond donors (Lipinski definition) is 3. The molecule has 0 fully saturated rings. The fourth-order valence-corrected chi connectivity index (χ4v) is 4.77. The summed E-state index contributed by atoms with van der Waals surface area (Å²) in [5.74, 6) is -2.59. The third-order valence-corrected chi connectivity index (χ3v) is 7.07. The molecule has 0 aliphatic carbocycles. The molecule has 0 spiro atoms. The Morgan fingerprint density at radius 1 is 0.707 bits per heavy atom. The first-order valence-electron chi connectivity index (χ1n) is 12.8. The van der Waals surface area contributed by atoms with Crippen LogP contribution in [0, 0.1) is 0 Å². The van der Waals surface area contributed by atoms with Gasteiger partial charge >= 0.3 is 11.9 Å². The summed E-state index contributed by atoms with van der Waals surface area (Å²) in [7, 11) is 0. The highest BCUT2D eigenvalue weighted by atomic mass is 35.5. The number of carbonyl (C=O) groups excluding carboxylic acids is 1. The van der Waals surface area contributed by atoms with E-state index in [-0.39, 0.29) is 23.6 Å². The van der Waals surface area contributed by atoms with Gasteiger partial charge in [-0.25, -0.2) is 4.79 Å². The molecule has 1 atom stereocenters. The van der Waals surface area contributed by atoms with Gasteiger partial charge in [-0.3, -0.25) is 14.5 Å². The third-order valence-electron chi connectivity index (χ3n) is 6.49. The van der Waals surface area contributed by atoms with E-state index in [4.69, 9.17) is 23.2 Å². The fourth-order valence-electron chi connectivity index (χ4n) is 4.42. The summed E-state index contributed by atoms with van der Waals surface area (Å²) < 4.78 is 0. The van der Waals surface area contributed by atoms with Gasteiger partial charge < -0.3 is 15.5 Å². The zero-order chi connectivity index (χ0) is 29.4. The molecule has 3 N–H and O–H groups in total. The monoisotopic (exact) mass is 590 g/mol. The second kappa shape index (κ2) is 13.9. The maximum atomic E-state index is 12.6. The Balaban J connectivity index is 1.39. The van der Waals surface area contributed by atoms with Crippen molar-refractivity contribution in [2.24, 2.45) is 0 Å². The molecule has 9 heteroatoms. The van der Waals surface area contributed by atoms with Crippen LogP contribution in [0.4, 0.5) is 0 Å². The molecule has 0 radical (unpaired) electrons. The predicted octanol–water partition coefficient (Wildman–Crippen LogP) is 6.17. The minimum Gasteiger partial charge on any atom is -0.480 e. The molecule has 1 amide bonds. The van der Waals surface area contributed by atoms with Crippen molar-refractivity contribution in [3.8, 4) is 11.1 Å². The van der Waals surface area contributed by atoms with Crippen LogP contribution >= 0.6 is 23.2 Å². The van der Waals surface area contributed by atoms with Crippen LogP contribution < -0.4 is 5.32 Å². The van der Waals surface area contributed by atoms with E-state index in [1.54, 1.807) is 36.4 Å². The lowest BCUT2D eigenvalue weighted by molar-refractivity contribution is -0.139. The fraction of sp³-hybridized carbons (Fsp3) is 0.156. The summed E-state index contributed by atoms with van der Waals surface area (Å²) >= 11 is 12.0. The van der Waals surface area contributed by atoms with Crippen LogP contribution in [-0.2, 0) is 29.1 Å². The molecule has 4 aromatic rings. The van der Waals surface area contributed by atoms with Crippen LogP contribution in [0.15, 0.2) is 97.1 Å². The van der Waals surface area contributed by atoms with Gasteiger partial charge in [0.05, 0.1) is 17.1 Å². The molecule has 0 aliphatic rings. The van der Waals surface area contributed by atoms with Crippen LogP contribution in [0.25, 0.3) is 11.1 Å². The van der Waals surface area contributed by atoms with E-state index in [1.165, 1.54) is 0 Å². The van der Waals surface area contributed by atoms with Crippen LogP contribution in [-0.4, -0.2) is 45.5 Å². The second-order valence-corrected chi connectivity index (χ2v) is 10.5. The smallest absolute Gasteiger partial charge is 0.326 e. The highest BCUT2D eigenvalue weighted by molar-refractivity contribution is 6.33. The number of halogens is 2. The van der Waals surface area contributed by atoms with Crippen molar-refractivity contribution in [1.29, 1.82) is 0 Å². The number of carboxylic acids is 2. The van der Waals surface area contributed by atoms with Gasteiger partial charge in [-0.1, -0.05) is 96.0 Å². The first kappa shape index (κ1) is 29.8. The van der Waals surface area contributed by atoms with Gasteiger partial charge in [-0.05, 0) is 52.1 Å². The van der Waals surface area contributed by atoms with Gasteiger partial charge in [-0.2, -0.15) is 0 Å². The van der Waals surface area contributed by atoms with Gasteiger partial charge in [0.1, 0.15) is 6.04 Å². The summed E-state index contributed by atoms with van der Waals surface area (Å²) in [6.07, 6.45) is 0.109. The first-order chi connectivity index (χ1) is 19.7. The summed E-state index contributed by atoms with van der Waals surface area (Å²) in [6.45, 7) is 0.843. The molecule has 41 heavy (non-hydrogen) atoms. The number of nitrogens with one attached hydrogen (secondary N) is 1. The molecule has 0 heterocycles. The Kier molecular flexibility index (Phi) is 10.1. The first-order valence-corrected chi connectivity index (χ1v) is 13.6. The van der Waals surface area contributed by atoms with Crippen molar-refractivity contribution in [1.82, 2.24) is 10.2 Å². The maximum absolute atomic E-state index is 12.6. The van der Waals surface area contributed by atoms with Gasteiger partial charge in [0, 0.05) is 24.5 Å². The number of hydrogen-bond acceptors (Lipinski definition) is 4. The number of carbonyl (C=O) groups is 3. The SMILES string of the molecule is O=C(O)CN(Cc1ccc(Cl)cc1)Cc1ccc(-c2ccc(C[C@H](NC(=O)c3ccccc3Cl)C(=O)O)cc2)cc1. The van der Waals surface area contributed by atoms with Crippen LogP contribution in [0.3, 0.4) is 0 Å². The number of amides is 1. The summed E-state index contributed by atoms with van der Waals surface area (Å²) in [5, 5.41) is 22.5. The molecule has 210 valence electrons. The Hall–Kier alpha value is -4.17. The molecule has 0 aliphatic heterocycles. The molecule has 0 saturated carbocycles. The molecule has 4 aromatic carbocycles. The van der Waals surface area contributed by atoms with E-state index in [0.29, 0.717) is 18.1 Å². The Bertz CT molecular complexity index is 1510. The molecular formula is C32H28Cl2N2O5. The van der Waals surface area contributed by atoms with Gasteiger partial charge in [0.2, 0.25) is 0 Å². The maximum Gasteiger partial charge on any atom is 0.326 e. The minimum atomic E-state index is -1.14. The van der Waals surface area contributed by atoms with Gasteiger partial charge in [-0.15, -0.1) is 0 Å². The topological polar surface area (TPSA) is 107 Å². The lowest BCUT2D eigenvalue weighted by atomic mass is 9.99. The number of nitrogens with zero attached hydrogens (tertiary/aromatic N) is 1. The number of carboxylic acid groups (broad SMARTS) is 2. The van der Waals surface area contributed by atoms with E-state index >= 15 is 0 Å². The van der Waals surface area contributed by atoms with E-state index < -0.39 is 23.9 Å². The Morgan fingerprint density at radius 3 is 1.73 bits per heavy atom. The number of rotatable bonds is 12. The number of benzene rings is 4. The normalized spacial score (nSPS) is 11.7. The number of aliphatic carboxylic acids is 2. The van der Waals surface area contributed by atoms with Crippen molar-refractivity contribution in [2.75, 3.05) is 6.54 Å². The van der Waals surface area contributed by atoms with E-state index in [2.05, 4.69) is 5.32 Å². The molecular weight excluding hydrogens is 563 g/mol. The van der Waals surface area contributed by atoms with Crippen molar-refractivity contribution in [3.63, 3.8) is 0 Å². The molecule has 4 rings (SSSR count).